The maximum absolute atomic E-state index is 11.4. The number of aromatic nitrogens is 4. The molecule has 0 bridgehead atoms. The monoisotopic (exact) mass is 542 g/mol. The van der Waals surface area contributed by atoms with Crippen LogP contribution in [0.25, 0.3) is 11.0 Å². The minimum atomic E-state index is -3.33. The molecule has 0 atom stereocenters. The Morgan fingerprint density at radius 1 is 0.923 bits per heavy atom. The van der Waals surface area contributed by atoms with Gasteiger partial charge < -0.3 is 20.1 Å². The van der Waals surface area contributed by atoms with Crippen LogP contribution in [0, 0.1) is 0 Å². The Labute approximate surface area is 227 Å². The Kier molecular flexibility index (Phi) is 7.33. The average Bonchev–Trinajstić information content (AvgIpc) is 3.29. The van der Waals surface area contributed by atoms with Gasteiger partial charge in [-0.25, -0.2) is 18.4 Å². The number of benzene rings is 3. The van der Waals surface area contributed by atoms with E-state index < -0.39 is 10.0 Å². The van der Waals surface area contributed by atoms with Gasteiger partial charge in [0.25, 0.3) is 0 Å². The summed E-state index contributed by atoms with van der Waals surface area (Å²) in [6.45, 7) is 3.61. The third-order valence-corrected chi connectivity index (χ3v) is 6.76. The highest BCUT2D eigenvalue weighted by molar-refractivity contribution is 7.92. The summed E-state index contributed by atoms with van der Waals surface area (Å²) >= 11 is 0. The Morgan fingerprint density at radius 3 is 2.38 bits per heavy atom. The van der Waals surface area contributed by atoms with Crippen LogP contribution in [0.2, 0.25) is 0 Å². The smallest absolute Gasteiger partial charge is 0.229 e. The average molecular weight is 543 g/mol. The molecule has 200 valence electrons. The number of aryl methyl sites for hydroxylation is 1. The first-order valence-electron chi connectivity index (χ1n) is 12.5. The molecule has 11 heteroatoms. The van der Waals surface area contributed by atoms with Gasteiger partial charge in [-0.2, -0.15) is 4.98 Å². The van der Waals surface area contributed by atoms with Crippen molar-refractivity contribution in [2.24, 2.45) is 0 Å². The molecule has 2 heterocycles. The van der Waals surface area contributed by atoms with Gasteiger partial charge in [0.2, 0.25) is 21.9 Å². The molecule has 39 heavy (non-hydrogen) atoms. The molecule has 0 aliphatic rings. The molecule has 0 saturated heterocycles. The number of hydrogen-bond acceptors (Lipinski definition) is 8. The number of sulfonamides is 1. The lowest BCUT2D eigenvalue weighted by Gasteiger charge is -2.19. The van der Waals surface area contributed by atoms with E-state index in [4.69, 9.17) is 4.98 Å². The van der Waals surface area contributed by atoms with E-state index in [1.54, 1.807) is 30.5 Å². The predicted molar refractivity (Wildman–Crippen MR) is 157 cm³/mol. The van der Waals surface area contributed by atoms with E-state index in [1.807, 2.05) is 36.2 Å². The summed E-state index contributed by atoms with van der Waals surface area (Å²) in [6.07, 6.45) is 2.81. The summed E-state index contributed by atoms with van der Waals surface area (Å²) in [7, 11) is -1.38. The Balaban J connectivity index is 1.33. The first-order valence-corrected chi connectivity index (χ1v) is 14.4. The number of rotatable bonds is 10. The van der Waals surface area contributed by atoms with Crippen molar-refractivity contribution in [2.75, 3.05) is 33.6 Å². The fourth-order valence-electron chi connectivity index (χ4n) is 4.25. The van der Waals surface area contributed by atoms with E-state index in [2.05, 4.69) is 67.1 Å². The van der Waals surface area contributed by atoms with Crippen molar-refractivity contribution in [3.63, 3.8) is 0 Å². The lowest BCUT2D eigenvalue weighted by Crippen LogP contribution is -2.12. The zero-order valence-electron chi connectivity index (χ0n) is 22.0. The van der Waals surface area contributed by atoms with Gasteiger partial charge in [-0.15, -0.1) is 0 Å². The highest BCUT2D eigenvalue weighted by atomic mass is 32.2. The fraction of sp³-hybridized carbons (Fsp3) is 0.179. The number of fused-ring (bicyclic) bond motifs is 1. The molecule has 5 aromatic rings. The number of nitrogens with one attached hydrogen (secondary N) is 3. The molecule has 3 aromatic carbocycles. The molecule has 0 saturated carbocycles. The van der Waals surface area contributed by atoms with Crippen molar-refractivity contribution in [3.8, 4) is 0 Å². The van der Waals surface area contributed by atoms with Gasteiger partial charge in [-0.05, 0) is 61.0 Å². The van der Waals surface area contributed by atoms with E-state index >= 15 is 0 Å². The predicted octanol–water partition coefficient (Wildman–Crippen LogP) is 5.34. The molecule has 0 radical (unpaired) electrons. The van der Waals surface area contributed by atoms with Crippen molar-refractivity contribution in [1.82, 2.24) is 19.5 Å². The molecule has 3 N–H and O–H groups in total. The quantitative estimate of drug-likeness (QED) is 0.216. The summed E-state index contributed by atoms with van der Waals surface area (Å²) in [5, 5.41) is 6.64. The van der Waals surface area contributed by atoms with Gasteiger partial charge in [-0.1, -0.05) is 30.3 Å². The summed E-state index contributed by atoms with van der Waals surface area (Å²) in [5.41, 5.74) is 5.31. The molecule has 0 fully saturated rings. The second-order valence-corrected chi connectivity index (χ2v) is 10.8. The number of anilines is 6. The SMILES string of the molecule is CCn1c(NCc2ccccc2)nc2cc(N(C)c3ccnc(Nc4ccc(NS(C)(=O)=O)cc4)n3)ccc21. The largest absolute Gasteiger partial charge is 0.352 e. The van der Waals surface area contributed by atoms with E-state index in [-0.39, 0.29) is 0 Å². The minimum absolute atomic E-state index is 0.423. The highest BCUT2D eigenvalue weighted by Gasteiger charge is 2.13. The van der Waals surface area contributed by atoms with E-state index in [0.717, 1.165) is 41.2 Å². The highest BCUT2D eigenvalue weighted by Crippen LogP contribution is 2.29. The lowest BCUT2D eigenvalue weighted by molar-refractivity contribution is 0.607. The Hall–Kier alpha value is -4.64. The van der Waals surface area contributed by atoms with E-state index in [0.29, 0.717) is 24.0 Å². The molecule has 0 aliphatic carbocycles. The maximum atomic E-state index is 11.4. The lowest BCUT2D eigenvalue weighted by atomic mass is 10.2. The summed E-state index contributed by atoms with van der Waals surface area (Å²) in [5.74, 6) is 1.97. The van der Waals surface area contributed by atoms with Crippen LogP contribution >= 0.6 is 0 Å². The maximum Gasteiger partial charge on any atom is 0.229 e. The van der Waals surface area contributed by atoms with Crippen LogP contribution in [-0.4, -0.2) is 41.2 Å². The van der Waals surface area contributed by atoms with Crippen LogP contribution in [0.4, 0.5) is 34.8 Å². The van der Waals surface area contributed by atoms with Gasteiger partial charge in [0, 0.05) is 43.4 Å². The van der Waals surface area contributed by atoms with Crippen LogP contribution < -0.4 is 20.3 Å². The van der Waals surface area contributed by atoms with Crippen LogP contribution in [0.15, 0.2) is 85.1 Å². The number of nitrogens with zero attached hydrogens (tertiary/aromatic N) is 5. The van der Waals surface area contributed by atoms with Crippen LogP contribution in [0.5, 0.6) is 0 Å². The molecule has 2 aromatic heterocycles. The first kappa shape index (κ1) is 26.0. The molecule has 10 nitrogen and oxygen atoms in total. The summed E-state index contributed by atoms with van der Waals surface area (Å²) in [4.78, 5) is 15.8. The van der Waals surface area contributed by atoms with Gasteiger partial charge in [-0.3, -0.25) is 4.72 Å². The Bertz CT molecular complexity index is 1690. The molecule has 0 unspecified atom stereocenters. The zero-order valence-corrected chi connectivity index (χ0v) is 22.8. The van der Waals surface area contributed by atoms with Crippen LogP contribution in [-0.2, 0) is 23.1 Å². The van der Waals surface area contributed by atoms with Gasteiger partial charge in [0.1, 0.15) is 5.82 Å². The molecular weight excluding hydrogens is 512 g/mol. The third kappa shape index (κ3) is 6.27. The fourth-order valence-corrected chi connectivity index (χ4v) is 4.82. The molecular formula is C28H30N8O2S. The van der Waals surface area contributed by atoms with Crippen molar-refractivity contribution >= 4 is 55.8 Å². The van der Waals surface area contributed by atoms with Gasteiger partial charge >= 0.3 is 0 Å². The zero-order chi connectivity index (χ0) is 27.4. The van der Waals surface area contributed by atoms with Gasteiger partial charge in [0.05, 0.1) is 17.3 Å². The third-order valence-electron chi connectivity index (χ3n) is 6.16. The van der Waals surface area contributed by atoms with E-state index in [1.165, 1.54) is 5.56 Å². The van der Waals surface area contributed by atoms with E-state index in [9.17, 15) is 8.42 Å². The summed E-state index contributed by atoms with van der Waals surface area (Å²) < 4.78 is 27.5. The van der Waals surface area contributed by atoms with Crippen LogP contribution in [0.3, 0.4) is 0 Å². The Morgan fingerprint density at radius 2 is 1.67 bits per heavy atom. The second-order valence-electron chi connectivity index (χ2n) is 9.07. The topological polar surface area (TPSA) is 117 Å². The van der Waals surface area contributed by atoms with Crippen molar-refractivity contribution in [1.29, 1.82) is 0 Å². The van der Waals surface area contributed by atoms with Crippen molar-refractivity contribution < 1.29 is 8.42 Å². The molecule has 5 rings (SSSR count). The molecule has 0 spiro atoms. The summed E-state index contributed by atoms with van der Waals surface area (Å²) in [6, 6.07) is 25.2. The second kappa shape index (κ2) is 11.0. The first-order chi connectivity index (χ1) is 18.8. The normalized spacial score (nSPS) is 11.4. The minimum Gasteiger partial charge on any atom is -0.352 e. The molecule has 0 amide bonds. The standard InChI is InChI=1S/C28H30N8O2S/c1-4-36-25-15-14-23(18-24(25)32-28(36)30-19-20-8-6-5-7-9-20)35(2)26-16-17-29-27(33-26)31-21-10-12-22(13-11-21)34-39(3,37)38/h5-18,34H,4,19H2,1-3H3,(H,30,32)(H,29,31,33). The van der Waals surface area contributed by atoms with Crippen molar-refractivity contribution in [3.05, 3.63) is 90.6 Å². The van der Waals surface area contributed by atoms with Gasteiger partial charge in [0.15, 0.2) is 0 Å². The number of hydrogen-bond donors (Lipinski definition) is 3. The van der Waals surface area contributed by atoms with Crippen LogP contribution in [0.1, 0.15) is 12.5 Å². The molecule has 0 aliphatic heterocycles. The number of imidazole rings is 1. The van der Waals surface area contributed by atoms with Crippen molar-refractivity contribution in [2.45, 2.75) is 20.0 Å².